The van der Waals surface area contributed by atoms with E-state index in [1.54, 1.807) is 0 Å². The third kappa shape index (κ3) is 30.0. The molecule has 0 amide bonds. The number of hydrogen-bond acceptors (Lipinski definition) is 9. The first-order chi connectivity index (χ1) is 17.8. The fourth-order valence-electron chi connectivity index (χ4n) is 1.71. The Balaban J connectivity index is -0.000000207. The molecule has 0 atom stereocenters. The van der Waals surface area contributed by atoms with E-state index in [0.717, 1.165) is 0 Å². The maximum Gasteiger partial charge on any atom is 3.00 e. The molecule has 2 aliphatic rings. The van der Waals surface area contributed by atoms with Gasteiger partial charge in [0, 0.05) is 0 Å². The molecule has 0 aromatic heterocycles. The van der Waals surface area contributed by atoms with Gasteiger partial charge in [-0.2, -0.15) is 39.5 Å². The van der Waals surface area contributed by atoms with Crippen LogP contribution >= 0.6 is 0 Å². The minimum absolute atomic E-state index is 0. The number of halogens is 9. The molecule has 0 radical (unpaired) electrons. The minimum atomic E-state index is -6.09. The molecule has 41 heavy (non-hydrogen) atoms. The molecule has 0 aromatic rings. The normalized spacial score (nSPS) is 17.6. The van der Waals surface area contributed by atoms with Crippen LogP contribution in [-0.4, -0.2) is 55.4 Å². The maximum absolute atomic E-state index is 10.7. The summed E-state index contributed by atoms with van der Waals surface area (Å²) in [6.07, 6.45) is 28.0. The molecule has 0 N–H and O–H groups in total. The zero-order valence-corrected chi connectivity index (χ0v) is 24.5. The Labute approximate surface area is 244 Å². The molecular formula is C19H24F9O9RhS3. The summed E-state index contributed by atoms with van der Waals surface area (Å²) in [5, 5.41) is 0. The summed E-state index contributed by atoms with van der Waals surface area (Å²) in [6.45, 7) is 0. The first-order valence-electron chi connectivity index (χ1n) is 10.4. The Kier molecular flexibility index (Phi) is 24.3. The molecule has 2 aliphatic carbocycles. The van der Waals surface area contributed by atoms with Crippen molar-refractivity contribution in [2.45, 2.75) is 67.9 Å². The van der Waals surface area contributed by atoms with E-state index >= 15 is 0 Å². The molecule has 0 heterocycles. The van der Waals surface area contributed by atoms with Crippen molar-refractivity contribution in [2.24, 2.45) is 0 Å². The van der Waals surface area contributed by atoms with Crippen molar-refractivity contribution in [1.29, 1.82) is 0 Å². The molecule has 2 rings (SSSR count). The molecule has 9 nitrogen and oxygen atoms in total. The van der Waals surface area contributed by atoms with Crippen LogP contribution in [0.15, 0.2) is 48.6 Å². The maximum atomic E-state index is 10.7. The van der Waals surface area contributed by atoms with Gasteiger partial charge in [0.2, 0.25) is 0 Å². The first-order valence-corrected chi connectivity index (χ1v) is 14.6. The van der Waals surface area contributed by atoms with E-state index in [9.17, 15) is 39.5 Å². The third-order valence-corrected chi connectivity index (χ3v) is 5.22. The van der Waals surface area contributed by atoms with Crippen LogP contribution in [0, 0.1) is 0 Å². The van der Waals surface area contributed by atoms with E-state index in [0.29, 0.717) is 0 Å². The van der Waals surface area contributed by atoms with Crippen LogP contribution in [-0.2, 0) is 49.8 Å². The average Bonchev–Trinajstić information content (AvgIpc) is 2.64. The Morgan fingerprint density at radius 3 is 0.488 bits per heavy atom. The summed E-state index contributed by atoms with van der Waals surface area (Å²) in [5.74, 6) is 0. The zero-order valence-electron chi connectivity index (χ0n) is 20.4. The summed E-state index contributed by atoms with van der Waals surface area (Å²) in [4.78, 5) is 0. The summed E-state index contributed by atoms with van der Waals surface area (Å²) in [5.41, 5.74) is -16.9. The summed E-state index contributed by atoms with van der Waals surface area (Å²) < 4.78 is 177. The quantitative estimate of drug-likeness (QED) is 0.102. The fourth-order valence-corrected chi connectivity index (χ4v) is 1.71. The van der Waals surface area contributed by atoms with Crippen molar-refractivity contribution in [1.82, 2.24) is 0 Å². The SMILES string of the molecule is C1=CCC/C=C\CC1.C1=CCC/C=C\CC1.O=S(=O)([O-])C(F)(F)F.O=S(=O)([O-])C(F)(F)F.O=S(=O)([O-])C(F)(F)F.[Rh+3]. The van der Waals surface area contributed by atoms with Crippen LogP contribution < -0.4 is 0 Å². The number of rotatable bonds is 0. The Morgan fingerprint density at radius 1 is 0.366 bits per heavy atom. The van der Waals surface area contributed by atoms with Crippen molar-refractivity contribution < 1.29 is 97.9 Å². The molecule has 0 aromatic carbocycles. The molecule has 0 saturated heterocycles. The number of hydrogen-bond donors (Lipinski definition) is 0. The second-order valence-corrected chi connectivity index (χ2v) is 11.0. The Bertz CT molecular complexity index is 959. The Hall–Kier alpha value is -1.32. The van der Waals surface area contributed by atoms with Gasteiger partial charge in [-0.1, -0.05) is 48.6 Å². The van der Waals surface area contributed by atoms with Crippen LogP contribution in [0.25, 0.3) is 0 Å². The van der Waals surface area contributed by atoms with Crippen LogP contribution in [0.3, 0.4) is 0 Å². The van der Waals surface area contributed by atoms with Gasteiger partial charge in [-0.15, -0.1) is 0 Å². The van der Waals surface area contributed by atoms with Crippen molar-refractivity contribution in [3.05, 3.63) is 48.6 Å². The monoisotopic (exact) mass is 766 g/mol. The van der Waals surface area contributed by atoms with Gasteiger partial charge in [0.1, 0.15) is 0 Å². The average molecular weight is 766 g/mol. The van der Waals surface area contributed by atoms with Gasteiger partial charge in [-0.3, -0.25) is 0 Å². The predicted molar refractivity (Wildman–Crippen MR) is 121 cm³/mol. The molecule has 0 saturated carbocycles. The largest absolute Gasteiger partial charge is 3.00 e. The van der Waals surface area contributed by atoms with E-state index < -0.39 is 46.9 Å². The first kappa shape index (κ1) is 46.6. The van der Waals surface area contributed by atoms with Crippen molar-refractivity contribution in [3.8, 4) is 0 Å². The van der Waals surface area contributed by atoms with Gasteiger partial charge in [-0.25, -0.2) is 25.3 Å². The van der Waals surface area contributed by atoms with E-state index in [4.69, 9.17) is 38.9 Å². The molecule has 0 fully saturated rings. The van der Waals surface area contributed by atoms with Crippen LogP contribution in [0.2, 0.25) is 0 Å². The van der Waals surface area contributed by atoms with Gasteiger partial charge in [0.15, 0.2) is 30.4 Å². The number of allylic oxidation sites excluding steroid dienone is 8. The standard InChI is InChI=1S/2C8H12.3CHF3O3S.Rh/c2*1-2-4-6-8-7-5-3-1;3*2-1(3,4)8(5,6)7;/h2*1-2,7-8H,3-6H2;3*(H,5,6,7);/q;;;;;+3/p-3/b2*2-1-,8-7?;;;;. The van der Waals surface area contributed by atoms with E-state index in [1.165, 1.54) is 51.4 Å². The fraction of sp³-hybridized carbons (Fsp3) is 0.579. The second-order valence-electron chi connectivity index (χ2n) is 6.89. The zero-order chi connectivity index (χ0) is 32.3. The smallest absolute Gasteiger partial charge is 0.741 e. The third-order valence-electron chi connectivity index (χ3n) is 3.52. The van der Waals surface area contributed by atoms with Crippen molar-refractivity contribution in [3.63, 3.8) is 0 Å². The molecule has 0 bridgehead atoms. The topological polar surface area (TPSA) is 172 Å². The molecule has 0 spiro atoms. The van der Waals surface area contributed by atoms with Crippen LogP contribution in [0.4, 0.5) is 39.5 Å². The molecule has 0 aliphatic heterocycles. The van der Waals surface area contributed by atoms with Crippen molar-refractivity contribution in [2.75, 3.05) is 0 Å². The predicted octanol–water partition coefficient (Wildman–Crippen LogP) is 5.50. The molecular weight excluding hydrogens is 742 g/mol. The molecule has 22 heteroatoms. The van der Waals surface area contributed by atoms with Gasteiger partial charge in [0.25, 0.3) is 0 Å². The van der Waals surface area contributed by atoms with Crippen LogP contribution in [0.1, 0.15) is 51.4 Å². The minimum Gasteiger partial charge on any atom is -0.741 e. The molecule has 0 unspecified atom stereocenters. The van der Waals surface area contributed by atoms with Gasteiger partial charge in [0.05, 0.1) is 0 Å². The van der Waals surface area contributed by atoms with Gasteiger partial charge >= 0.3 is 36.0 Å². The van der Waals surface area contributed by atoms with E-state index in [2.05, 4.69) is 48.6 Å². The summed E-state index contributed by atoms with van der Waals surface area (Å²) in [6, 6.07) is 0. The summed E-state index contributed by atoms with van der Waals surface area (Å²) >= 11 is 0. The van der Waals surface area contributed by atoms with E-state index in [1.807, 2.05) is 0 Å². The van der Waals surface area contributed by atoms with Crippen molar-refractivity contribution >= 4 is 30.4 Å². The van der Waals surface area contributed by atoms with Gasteiger partial charge < -0.3 is 13.7 Å². The number of alkyl halides is 9. The van der Waals surface area contributed by atoms with Crippen LogP contribution in [0.5, 0.6) is 0 Å². The Morgan fingerprint density at radius 2 is 0.439 bits per heavy atom. The summed E-state index contributed by atoms with van der Waals surface area (Å²) in [7, 11) is -18.3. The van der Waals surface area contributed by atoms with Gasteiger partial charge in [-0.05, 0) is 51.4 Å². The molecule has 244 valence electrons. The second kappa shape index (κ2) is 21.4. The van der Waals surface area contributed by atoms with E-state index in [-0.39, 0.29) is 19.5 Å².